The van der Waals surface area contributed by atoms with Crippen LogP contribution in [0.15, 0.2) is 53.8 Å². The van der Waals surface area contributed by atoms with Gasteiger partial charge < -0.3 is 5.32 Å². The fraction of sp³-hybridized carbons (Fsp3) is 0.273. The molecule has 0 spiro atoms. The molecule has 3 rings (SSSR count). The maximum absolute atomic E-state index is 13.0. The molecule has 0 fully saturated rings. The van der Waals surface area contributed by atoms with Crippen molar-refractivity contribution in [2.24, 2.45) is 0 Å². The third-order valence-electron chi connectivity index (χ3n) is 4.60. The molecular weight excluding hydrogens is 368 g/mol. The van der Waals surface area contributed by atoms with E-state index in [0.717, 1.165) is 17.5 Å². The Kier molecular flexibility index (Phi) is 6.76. The van der Waals surface area contributed by atoms with Gasteiger partial charge in [0.25, 0.3) is 0 Å². The lowest BCUT2D eigenvalue weighted by molar-refractivity contribution is 0.0980. The number of pyridine rings is 1. The lowest BCUT2D eigenvalue weighted by Gasteiger charge is -2.13. The molecule has 28 heavy (non-hydrogen) atoms. The Labute approximate surface area is 170 Å². The highest BCUT2D eigenvalue weighted by molar-refractivity contribution is 7.98. The number of ketones is 1. The predicted molar refractivity (Wildman–Crippen MR) is 115 cm³/mol. The molecule has 0 saturated carbocycles. The first kappa shape index (κ1) is 20.0. The fourth-order valence-electron chi connectivity index (χ4n) is 2.97. The van der Waals surface area contributed by atoms with E-state index in [1.807, 2.05) is 18.4 Å². The van der Waals surface area contributed by atoms with Crippen molar-refractivity contribution in [1.82, 2.24) is 15.0 Å². The monoisotopic (exact) mass is 392 g/mol. The number of nitrogens with zero attached hydrogens (tertiary/aromatic N) is 3. The molecule has 2 aromatic heterocycles. The zero-order valence-corrected chi connectivity index (χ0v) is 17.2. The molecule has 0 aliphatic rings. The molecule has 0 aliphatic heterocycles. The second-order valence-electron chi connectivity index (χ2n) is 6.36. The maximum atomic E-state index is 13.0. The molecule has 6 heteroatoms. The Morgan fingerprint density at radius 3 is 2.32 bits per heavy atom. The molecule has 5 nitrogen and oxygen atoms in total. The average molecular weight is 393 g/mol. The van der Waals surface area contributed by atoms with E-state index in [9.17, 15) is 4.79 Å². The van der Waals surface area contributed by atoms with Gasteiger partial charge in [-0.25, -0.2) is 9.97 Å². The van der Waals surface area contributed by atoms with E-state index < -0.39 is 0 Å². The summed E-state index contributed by atoms with van der Waals surface area (Å²) in [5, 5.41) is 3.77. The third kappa shape index (κ3) is 4.57. The summed E-state index contributed by atoms with van der Waals surface area (Å²) in [5.41, 5.74) is 3.91. The molecule has 0 saturated heterocycles. The first-order chi connectivity index (χ1) is 13.7. The van der Waals surface area contributed by atoms with Crippen molar-refractivity contribution in [3.05, 3.63) is 65.5 Å². The van der Waals surface area contributed by atoms with E-state index in [4.69, 9.17) is 0 Å². The SMILES string of the molecule is CCc1ccc(CCC(=O)c2c(NC)nc(-c3ccncc3)nc2SC)cc1. The van der Waals surface area contributed by atoms with Gasteiger partial charge in [0.2, 0.25) is 0 Å². The van der Waals surface area contributed by atoms with E-state index in [1.54, 1.807) is 19.4 Å². The molecule has 0 aliphatic carbocycles. The topological polar surface area (TPSA) is 67.8 Å². The summed E-state index contributed by atoms with van der Waals surface area (Å²) < 4.78 is 0. The molecule has 144 valence electrons. The molecular formula is C22H24N4OS. The van der Waals surface area contributed by atoms with Crippen molar-refractivity contribution in [3.8, 4) is 11.4 Å². The summed E-state index contributed by atoms with van der Waals surface area (Å²) in [7, 11) is 1.78. The molecule has 0 unspecified atom stereocenters. The van der Waals surface area contributed by atoms with Gasteiger partial charge in [0.15, 0.2) is 11.6 Å². The summed E-state index contributed by atoms with van der Waals surface area (Å²) in [6.07, 6.45) is 7.48. The number of benzene rings is 1. The van der Waals surface area contributed by atoms with Crippen LogP contribution >= 0.6 is 11.8 Å². The lowest BCUT2D eigenvalue weighted by Crippen LogP contribution is -2.11. The molecule has 0 amide bonds. The average Bonchev–Trinajstić information content (AvgIpc) is 2.77. The lowest BCUT2D eigenvalue weighted by atomic mass is 10.0. The van der Waals surface area contributed by atoms with Crippen LogP contribution < -0.4 is 5.32 Å². The van der Waals surface area contributed by atoms with Gasteiger partial charge in [0.1, 0.15) is 10.8 Å². The van der Waals surface area contributed by atoms with Crippen LogP contribution in [0.2, 0.25) is 0 Å². The second kappa shape index (κ2) is 9.46. The Balaban J connectivity index is 1.85. The van der Waals surface area contributed by atoms with Gasteiger partial charge in [-0.15, -0.1) is 11.8 Å². The van der Waals surface area contributed by atoms with Gasteiger partial charge in [-0.2, -0.15) is 0 Å². The van der Waals surface area contributed by atoms with Crippen LogP contribution in [0.1, 0.15) is 34.8 Å². The number of aryl methyl sites for hydroxylation is 2. The number of thioether (sulfide) groups is 1. The number of rotatable bonds is 8. The maximum Gasteiger partial charge on any atom is 0.169 e. The zero-order valence-electron chi connectivity index (χ0n) is 16.4. The quantitative estimate of drug-likeness (QED) is 0.341. The van der Waals surface area contributed by atoms with Gasteiger partial charge in [0, 0.05) is 31.4 Å². The van der Waals surface area contributed by atoms with Crippen LogP contribution in [0.4, 0.5) is 5.82 Å². The van der Waals surface area contributed by atoms with Crippen LogP contribution in [0.5, 0.6) is 0 Å². The van der Waals surface area contributed by atoms with Crippen LogP contribution in [0, 0.1) is 0 Å². The number of aromatic nitrogens is 3. The van der Waals surface area contributed by atoms with Gasteiger partial charge in [-0.05, 0) is 42.4 Å². The fourth-order valence-corrected chi connectivity index (χ4v) is 3.57. The smallest absolute Gasteiger partial charge is 0.169 e. The van der Waals surface area contributed by atoms with Crippen molar-refractivity contribution in [2.75, 3.05) is 18.6 Å². The Hall–Kier alpha value is -2.73. The first-order valence-electron chi connectivity index (χ1n) is 9.31. The number of Topliss-reactive ketones (excluding diaryl/α,β-unsaturated/α-hetero) is 1. The first-order valence-corrected chi connectivity index (χ1v) is 10.5. The van der Waals surface area contributed by atoms with E-state index >= 15 is 0 Å². The van der Waals surface area contributed by atoms with Crippen molar-refractivity contribution >= 4 is 23.4 Å². The van der Waals surface area contributed by atoms with Crippen LogP contribution in [0.3, 0.4) is 0 Å². The van der Waals surface area contributed by atoms with Crippen molar-refractivity contribution in [2.45, 2.75) is 31.2 Å². The number of hydrogen-bond acceptors (Lipinski definition) is 6. The number of nitrogens with one attached hydrogen (secondary N) is 1. The van der Waals surface area contributed by atoms with E-state index in [0.29, 0.717) is 35.1 Å². The highest BCUT2D eigenvalue weighted by atomic mass is 32.2. The van der Waals surface area contributed by atoms with E-state index in [-0.39, 0.29) is 5.78 Å². The van der Waals surface area contributed by atoms with E-state index in [2.05, 4.69) is 51.5 Å². The molecule has 3 aromatic rings. The number of anilines is 1. The summed E-state index contributed by atoms with van der Waals surface area (Å²) in [6, 6.07) is 12.2. The van der Waals surface area contributed by atoms with Gasteiger partial charge >= 0.3 is 0 Å². The number of hydrogen-bond donors (Lipinski definition) is 1. The Bertz CT molecular complexity index is 918. The highest BCUT2D eigenvalue weighted by Gasteiger charge is 2.20. The largest absolute Gasteiger partial charge is 0.372 e. The number of carbonyl (C=O) groups is 1. The van der Waals surface area contributed by atoms with Gasteiger partial charge in [0.05, 0.1) is 5.56 Å². The summed E-state index contributed by atoms with van der Waals surface area (Å²) >= 11 is 1.46. The zero-order chi connectivity index (χ0) is 19.9. The van der Waals surface area contributed by atoms with Crippen LogP contribution in [-0.4, -0.2) is 34.0 Å². The molecule has 0 radical (unpaired) electrons. The van der Waals surface area contributed by atoms with Crippen LogP contribution in [-0.2, 0) is 12.8 Å². The van der Waals surface area contributed by atoms with Crippen molar-refractivity contribution in [3.63, 3.8) is 0 Å². The highest BCUT2D eigenvalue weighted by Crippen LogP contribution is 2.29. The summed E-state index contributed by atoms with van der Waals surface area (Å²) in [5.74, 6) is 1.20. The third-order valence-corrected chi connectivity index (χ3v) is 5.28. The van der Waals surface area contributed by atoms with Crippen molar-refractivity contribution in [1.29, 1.82) is 0 Å². The summed E-state index contributed by atoms with van der Waals surface area (Å²) in [4.78, 5) is 26.3. The van der Waals surface area contributed by atoms with Crippen molar-refractivity contribution < 1.29 is 4.79 Å². The summed E-state index contributed by atoms with van der Waals surface area (Å²) in [6.45, 7) is 2.14. The molecule has 1 N–H and O–H groups in total. The molecule has 0 bridgehead atoms. The Morgan fingerprint density at radius 2 is 1.71 bits per heavy atom. The van der Waals surface area contributed by atoms with Crippen LogP contribution in [0.25, 0.3) is 11.4 Å². The minimum Gasteiger partial charge on any atom is -0.372 e. The predicted octanol–water partition coefficient (Wildman–Crippen LogP) is 4.68. The van der Waals surface area contributed by atoms with Gasteiger partial charge in [-0.3, -0.25) is 9.78 Å². The van der Waals surface area contributed by atoms with E-state index in [1.165, 1.54) is 17.3 Å². The number of carbonyl (C=O) groups excluding carboxylic acids is 1. The molecule has 1 aromatic carbocycles. The molecule has 2 heterocycles. The Morgan fingerprint density at radius 1 is 1.04 bits per heavy atom. The second-order valence-corrected chi connectivity index (χ2v) is 7.15. The van der Waals surface area contributed by atoms with Gasteiger partial charge in [-0.1, -0.05) is 31.2 Å². The minimum absolute atomic E-state index is 0.0505. The normalized spacial score (nSPS) is 10.7. The minimum atomic E-state index is 0.0505. The standard InChI is InChI=1S/C22H24N4OS/c1-4-15-5-7-16(8-6-15)9-10-18(27)19-21(23-2)25-20(26-22(19)28-3)17-11-13-24-14-12-17/h5-8,11-14H,4,9-10H2,1-3H3,(H,23,25,26). The molecule has 0 atom stereocenters.